The maximum Gasteiger partial charge on any atom is 0.398 e. The second-order valence-electron chi connectivity index (χ2n) is 8.98. The van der Waals surface area contributed by atoms with E-state index >= 15 is 0 Å². The van der Waals surface area contributed by atoms with E-state index in [2.05, 4.69) is 4.74 Å². The number of halogens is 10. The fraction of sp³-hybridized carbons (Fsp3) is 0.133. The Labute approximate surface area is 227 Å². The number of rotatable bonds is 8. The quantitative estimate of drug-likeness (QED) is 0.148. The molecule has 0 unspecified atom stereocenters. The molecule has 0 spiro atoms. The van der Waals surface area contributed by atoms with Crippen molar-refractivity contribution in [1.82, 2.24) is 0 Å². The van der Waals surface area contributed by atoms with Crippen LogP contribution in [-0.4, -0.2) is 6.11 Å². The van der Waals surface area contributed by atoms with Gasteiger partial charge in [-0.2, -0.15) is 8.78 Å². The van der Waals surface area contributed by atoms with Gasteiger partial charge in [0, 0.05) is 28.8 Å². The van der Waals surface area contributed by atoms with Crippen LogP contribution in [0.25, 0.3) is 28.1 Å². The van der Waals surface area contributed by atoms with Gasteiger partial charge >= 0.3 is 6.11 Å². The highest BCUT2D eigenvalue weighted by atomic mass is 19.3. The van der Waals surface area contributed by atoms with Crippen molar-refractivity contribution in [3.05, 3.63) is 119 Å². The molecule has 0 radical (unpaired) electrons. The lowest BCUT2D eigenvalue weighted by Crippen LogP contribution is -2.26. The number of hydrogen-bond acceptors (Lipinski definition) is 1. The Morgan fingerprint density at radius 2 is 1.20 bits per heavy atom. The number of allylic oxidation sites excluding steroid dienone is 1. The molecule has 0 aromatic heterocycles. The summed E-state index contributed by atoms with van der Waals surface area (Å²) in [5.74, 6) is -11.9. The minimum absolute atomic E-state index is 0.0144. The summed E-state index contributed by atoms with van der Waals surface area (Å²) in [5.41, 5.74) is -0.431. The Balaban J connectivity index is 1.51. The molecule has 4 aromatic rings. The standard InChI is InChI=1S/C30H18F10O/c1-15(31)28(37)17-4-2-16(3-5-17)18-6-7-21(23(32)10-18)19-11-24(33)22(25(34)12-19)8-9-30(39,40)41-20-13-26(35)29(38)27(36)14-20/h2-7,10-14H,8-9H2,1H3. The SMILES string of the molecule is CC(F)=C(F)c1ccc(-c2ccc(-c3cc(F)c(CCC(F)(F)Oc4cc(F)c(F)c(F)c4)c(F)c3)c(F)c2)cc1. The Bertz CT molecular complexity index is 1580. The van der Waals surface area contributed by atoms with Gasteiger partial charge in [-0.05, 0) is 48.2 Å². The molecule has 4 aromatic carbocycles. The molecular weight excluding hydrogens is 566 g/mol. The van der Waals surface area contributed by atoms with Gasteiger partial charge in [-0.1, -0.05) is 36.4 Å². The molecule has 0 aliphatic heterocycles. The fourth-order valence-corrected chi connectivity index (χ4v) is 4.02. The predicted octanol–water partition coefficient (Wildman–Crippen LogP) is 10.1. The lowest BCUT2D eigenvalue weighted by Gasteiger charge is -2.19. The molecule has 0 bridgehead atoms. The molecule has 1 nitrogen and oxygen atoms in total. The lowest BCUT2D eigenvalue weighted by molar-refractivity contribution is -0.180. The van der Waals surface area contributed by atoms with E-state index in [9.17, 15) is 43.9 Å². The smallest absolute Gasteiger partial charge is 0.398 e. The van der Waals surface area contributed by atoms with Crippen LogP contribution in [0.15, 0.2) is 72.6 Å². The van der Waals surface area contributed by atoms with Crippen LogP contribution in [0.2, 0.25) is 0 Å². The third-order valence-corrected chi connectivity index (χ3v) is 6.09. The molecule has 0 N–H and O–H groups in total. The molecular formula is C30H18F10O. The van der Waals surface area contributed by atoms with Gasteiger partial charge in [0.15, 0.2) is 23.3 Å². The van der Waals surface area contributed by atoms with Crippen molar-refractivity contribution < 1.29 is 48.6 Å². The van der Waals surface area contributed by atoms with E-state index in [-0.39, 0.29) is 28.8 Å². The first kappa shape index (κ1) is 29.7. The van der Waals surface area contributed by atoms with Crippen molar-refractivity contribution in [2.75, 3.05) is 0 Å². The van der Waals surface area contributed by atoms with Crippen molar-refractivity contribution in [1.29, 1.82) is 0 Å². The third-order valence-electron chi connectivity index (χ3n) is 6.09. The Morgan fingerprint density at radius 1 is 0.659 bits per heavy atom. The summed E-state index contributed by atoms with van der Waals surface area (Å²) in [6, 6.07) is 11.1. The zero-order valence-electron chi connectivity index (χ0n) is 21.0. The molecule has 11 heteroatoms. The van der Waals surface area contributed by atoms with Gasteiger partial charge in [0.05, 0.1) is 6.42 Å². The molecule has 0 atom stereocenters. The van der Waals surface area contributed by atoms with Crippen molar-refractivity contribution in [3.63, 3.8) is 0 Å². The van der Waals surface area contributed by atoms with Crippen LogP contribution in [-0.2, 0) is 6.42 Å². The first-order valence-corrected chi connectivity index (χ1v) is 11.9. The van der Waals surface area contributed by atoms with Crippen LogP contribution in [0.3, 0.4) is 0 Å². The van der Waals surface area contributed by atoms with Crippen LogP contribution in [0.4, 0.5) is 43.9 Å². The van der Waals surface area contributed by atoms with Crippen LogP contribution < -0.4 is 4.74 Å². The first-order valence-electron chi connectivity index (χ1n) is 11.9. The second-order valence-corrected chi connectivity index (χ2v) is 8.98. The highest BCUT2D eigenvalue weighted by Gasteiger charge is 2.33. The molecule has 0 aliphatic rings. The van der Waals surface area contributed by atoms with Crippen LogP contribution in [0, 0.1) is 34.9 Å². The summed E-state index contributed by atoms with van der Waals surface area (Å²) in [6.07, 6.45) is -6.36. The minimum atomic E-state index is -4.14. The van der Waals surface area contributed by atoms with Crippen LogP contribution >= 0.6 is 0 Å². The highest BCUT2D eigenvalue weighted by Crippen LogP contribution is 2.33. The molecule has 4 rings (SSSR count). The van der Waals surface area contributed by atoms with E-state index in [0.29, 0.717) is 11.1 Å². The van der Waals surface area contributed by atoms with Crippen LogP contribution in [0.5, 0.6) is 5.75 Å². The molecule has 0 amide bonds. The molecule has 0 saturated heterocycles. The molecule has 0 aliphatic carbocycles. The van der Waals surface area contributed by atoms with Gasteiger partial charge in [0.2, 0.25) is 0 Å². The fourth-order valence-electron chi connectivity index (χ4n) is 4.02. The summed E-state index contributed by atoms with van der Waals surface area (Å²) < 4.78 is 143. The predicted molar refractivity (Wildman–Crippen MR) is 132 cm³/mol. The lowest BCUT2D eigenvalue weighted by atomic mass is 9.97. The Kier molecular flexibility index (Phi) is 8.46. The second kappa shape index (κ2) is 11.7. The number of alkyl halides is 2. The van der Waals surface area contributed by atoms with Crippen molar-refractivity contribution >= 4 is 5.83 Å². The zero-order valence-corrected chi connectivity index (χ0v) is 21.0. The van der Waals surface area contributed by atoms with Crippen molar-refractivity contribution in [2.45, 2.75) is 25.9 Å². The number of ether oxygens (including phenoxy) is 1. The molecule has 41 heavy (non-hydrogen) atoms. The van der Waals surface area contributed by atoms with E-state index < -0.39 is 76.8 Å². The maximum absolute atomic E-state index is 14.9. The largest absolute Gasteiger partial charge is 0.432 e. The van der Waals surface area contributed by atoms with Gasteiger partial charge < -0.3 is 4.74 Å². The maximum atomic E-state index is 14.9. The molecule has 214 valence electrons. The van der Waals surface area contributed by atoms with Gasteiger partial charge in [-0.3, -0.25) is 0 Å². The highest BCUT2D eigenvalue weighted by molar-refractivity contribution is 5.73. The average molecular weight is 584 g/mol. The Morgan fingerprint density at radius 3 is 1.73 bits per heavy atom. The first-order chi connectivity index (χ1) is 19.3. The Hall–Kier alpha value is -4.28. The molecule has 0 saturated carbocycles. The van der Waals surface area contributed by atoms with E-state index in [1.165, 1.54) is 36.4 Å². The van der Waals surface area contributed by atoms with Crippen LogP contribution in [0.1, 0.15) is 24.5 Å². The van der Waals surface area contributed by atoms with Gasteiger partial charge in [-0.25, -0.2) is 35.1 Å². The summed E-state index contributed by atoms with van der Waals surface area (Å²) in [4.78, 5) is 0. The number of benzene rings is 4. The average Bonchev–Trinajstić information content (AvgIpc) is 2.90. The van der Waals surface area contributed by atoms with E-state index in [0.717, 1.165) is 25.1 Å². The topological polar surface area (TPSA) is 9.23 Å². The monoisotopic (exact) mass is 584 g/mol. The minimum Gasteiger partial charge on any atom is -0.432 e. The third kappa shape index (κ3) is 6.72. The van der Waals surface area contributed by atoms with Gasteiger partial charge in [-0.15, -0.1) is 0 Å². The summed E-state index contributed by atoms with van der Waals surface area (Å²) in [6.45, 7) is 0.960. The summed E-state index contributed by atoms with van der Waals surface area (Å²) >= 11 is 0. The van der Waals surface area contributed by atoms with E-state index in [1.807, 2.05) is 0 Å². The van der Waals surface area contributed by atoms with Gasteiger partial charge in [0.1, 0.15) is 29.0 Å². The number of hydrogen-bond donors (Lipinski definition) is 0. The normalized spacial score (nSPS) is 12.4. The zero-order chi connectivity index (χ0) is 30.1. The summed E-state index contributed by atoms with van der Waals surface area (Å²) in [7, 11) is 0. The van der Waals surface area contributed by atoms with Crippen molar-refractivity contribution in [3.8, 4) is 28.0 Å². The molecule has 0 heterocycles. The van der Waals surface area contributed by atoms with E-state index in [1.54, 1.807) is 0 Å². The van der Waals surface area contributed by atoms with E-state index in [4.69, 9.17) is 0 Å². The summed E-state index contributed by atoms with van der Waals surface area (Å²) in [5, 5.41) is 0. The van der Waals surface area contributed by atoms with Gasteiger partial charge in [0.25, 0.3) is 0 Å². The van der Waals surface area contributed by atoms with Crippen molar-refractivity contribution in [2.24, 2.45) is 0 Å². The molecule has 0 fully saturated rings.